The SMILES string of the molecule is COC1(c2ccnc(C(N)=O)c2)[C@@H]2CCC[C@H]1CN(CC1CCCO1)C2. The van der Waals surface area contributed by atoms with Crippen molar-refractivity contribution in [2.45, 2.75) is 43.8 Å². The summed E-state index contributed by atoms with van der Waals surface area (Å²) in [7, 11) is 1.81. The Labute approximate surface area is 155 Å². The summed E-state index contributed by atoms with van der Waals surface area (Å²) in [6, 6.07) is 3.84. The minimum absolute atomic E-state index is 0.318. The number of carbonyl (C=O) groups excluding carboxylic acids is 1. The number of carbonyl (C=O) groups is 1. The normalized spacial score (nSPS) is 34.7. The van der Waals surface area contributed by atoms with Gasteiger partial charge in [0.15, 0.2) is 0 Å². The van der Waals surface area contributed by atoms with Crippen molar-refractivity contribution in [2.24, 2.45) is 17.6 Å². The number of methoxy groups -OCH3 is 1. The maximum absolute atomic E-state index is 11.6. The van der Waals surface area contributed by atoms with Crippen LogP contribution in [0.3, 0.4) is 0 Å². The van der Waals surface area contributed by atoms with Crippen molar-refractivity contribution < 1.29 is 14.3 Å². The standard InChI is InChI=1S/C20H29N3O3/c1-25-20(14-7-8-22-18(10-14)19(21)24)15-4-2-5-16(20)12-23(11-15)13-17-6-3-9-26-17/h7-8,10,15-17H,2-6,9,11-13H2,1H3,(H2,21,24)/t15-,16+,17?,20?. The molecule has 4 atom stereocenters. The van der Waals surface area contributed by atoms with E-state index >= 15 is 0 Å². The predicted molar refractivity (Wildman–Crippen MR) is 97.7 cm³/mol. The van der Waals surface area contributed by atoms with E-state index in [1.165, 1.54) is 19.3 Å². The molecular formula is C20H29N3O3. The van der Waals surface area contributed by atoms with Gasteiger partial charge in [0.2, 0.25) is 0 Å². The van der Waals surface area contributed by atoms with Crippen molar-refractivity contribution in [2.75, 3.05) is 33.4 Å². The molecule has 1 amide bonds. The van der Waals surface area contributed by atoms with E-state index in [1.807, 2.05) is 19.2 Å². The van der Waals surface area contributed by atoms with Crippen molar-refractivity contribution in [1.29, 1.82) is 0 Å². The molecule has 4 rings (SSSR count). The van der Waals surface area contributed by atoms with E-state index in [0.29, 0.717) is 23.6 Å². The van der Waals surface area contributed by atoms with Gasteiger partial charge in [-0.05, 0) is 43.4 Å². The van der Waals surface area contributed by atoms with E-state index in [2.05, 4.69) is 9.88 Å². The number of rotatable bonds is 5. The maximum atomic E-state index is 11.6. The fourth-order valence-corrected chi connectivity index (χ4v) is 5.48. The van der Waals surface area contributed by atoms with E-state index in [9.17, 15) is 4.79 Å². The number of fused-ring (bicyclic) bond motifs is 2. The Kier molecular flexibility index (Phi) is 4.99. The lowest BCUT2D eigenvalue weighted by molar-refractivity contribution is -0.171. The van der Waals surface area contributed by atoms with Gasteiger partial charge in [-0.15, -0.1) is 0 Å². The quantitative estimate of drug-likeness (QED) is 0.869. The van der Waals surface area contributed by atoms with E-state index in [-0.39, 0.29) is 5.60 Å². The van der Waals surface area contributed by atoms with Crippen LogP contribution in [0.1, 0.15) is 48.2 Å². The molecule has 2 N–H and O–H groups in total. The number of piperidine rings is 1. The van der Waals surface area contributed by atoms with Gasteiger partial charge < -0.3 is 15.2 Å². The van der Waals surface area contributed by atoms with Gasteiger partial charge in [-0.2, -0.15) is 0 Å². The number of hydrogen-bond acceptors (Lipinski definition) is 5. The summed E-state index contributed by atoms with van der Waals surface area (Å²) in [5, 5.41) is 0. The first-order valence-corrected chi connectivity index (χ1v) is 9.79. The van der Waals surface area contributed by atoms with E-state index in [1.54, 1.807) is 6.20 Å². The number of nitrogens with two attached hydrogens (primary N) is 1. The second-order valence-corrected chi connectivity index (χ2v) is 7.97. The number of primary amides is 1. The second-order valence-electron chi connectivity index (χ2n) is 7.97. The fraction of sp³-hybridized carbons (Fsp3) is 0.700. The van der Waals surface area contributed by atoms with Crippen LogP contribution in [0.5, 0.6) is 0 Å². The molecule has 1 saturated carbocycles. The molecule has 142 valence electrons. The third-order valence-electron chi connectivity index (χ3n) is 6.56. The molecule has 1 aromatic heterocycles. The third-order valence-corrected chi connectivity index (χ3v) is 6.56. The Hall–Kier alpha value is -1.50. The molecule has 0 radical (unpaired) electrons. The lowest BCUT2D eigenvalue weighted by atomic mass is 9.62. The van der Waals surface area contributed by atoms with Crippen LogP contribution in [0.4, 0.5) is 0 Å². The van der Waals surface area contributed by atoms with Crippen LogP contribution in [0.2, 0.25) is 0 Å². The first kappa shape index (κ1) is 17.9. The van der Waals surface area contributed by atoms with Crippen LogP contribution in [-0.2, 0) is 15.1 Å². The first-order chi connectivity index (χ1) is 12.6. The highest BCUT2D eigenvalue weighted by Crippen LogP contribution is 2.51. The summed E-state index contributed by atoms with van der Waals surface area (Å²) < 4.78 is 12.1. The molecule has 0 spiro atoms. The maximum Gasteiger partial charge on any atom is 0.267 e. The smallest absolute Gasteiger partial charge is 0.267 e. The van der Waals surface area contributed by atoms with Gasteiger partial charge in [0.05, 0.1) is 6.10 Å². The number of ether oxygens (including phenoxy) is 2. The molecule has 3 heterocycles. The van der Waals surface area contributed by atoms with Crippen LogP contribution in [0.25, 0.3) is 0 Å². The molecule has 26 heavy (non-hydrogen) atoms. The van der Waals surface area contributed by atoms with Crippen LogP contribution in [0.15, 0.2) is 18.3 Å². The van der Waals surface area contributed by atoms with Gasteiger partial charge in [-0.25, -0.2) is 0 Å². The lowest BCUT2D eigenvalue weighted by Crippen LogP contribution is -2.59. The Bertz CT molecular complexity index is 645. The van der Waals surface area contributed by atoms with Crippen molar-refractivity contribution in [3.05, 3.63) is 29.6 Å². The van der Waals surface area contributed by atoms with Gasteiger partial charge in [-0.1, -0.05) is 6.42 Å². The summed E-state index contributed by atoms with van der Waals surface area (Å²) >= 11 is 0. The number of pyridine rings is 1. The summed E-state index contributed by atoms with van der Waals surface area (Å²) in [6.07, 6.45) is 7.94. The number of hydrogen-bond donors (Lipinski definition) is 1. The molecule has 2 aliphatic heterocycles. The third kappa shape index (κ3) is 3.04. The van der Waals surface area contributed by atoms with Crippen molar-refractivity contribution in [3.8, 4) is 0 Å². The van der Waals surface area contributed by atoms with Crippen molar-refractivity contribution in [1.82, 2.24) is 9.88 Å². The summed E-state index contributed by atoms with van der Waals surface area (Å²) in [4.78, 5) is 18.3. The number of amides is 1. The van der Waals surface area contributed by atoms with Crippen LogP contribution in [0, 0.1) is 11.8 Å². The fourth-order valence-electron chi connectivity index (χ4n) is 5.48. The van der Waals surface area contributed by atoms with Crippen LogP contribution in [-0.4, -0.2) is 55.2 Å². The average molecular weight is 359 g/mol. The summed E-state index contributed by atoms with van der Waals surface area (Å²) in [6.45, 7) is 3.95. The minimum atomic E-state index is -0.487. The lowest BCUT2D eigenvalue weighted by Gasteiger charge is -2.55. The zero-order chi connectivity index (χ0) is 18.1. The number of aromatic nitrogens is 1. The predicted octanol–water partition coefficient (Wildman–Crippen LogP) is 1.93. The van der Waals surface area contributed by atoms with Crippen LogP contribution < -0.4 is 5.73 Å². The highest BCUT2D eigenvalue weighted by Gasteiger charge is 2.53. The van der Waals surface area contributed by atoms with Gasteiger partial charge in [0.1, 0.15) is 11.3 Å². The largest absolute Gasteiger partial charge is 0.377 e. The van der Waals surface area contributed by atoms with Gasteiger partial charge in [0, 0.05) is 51.4 Å². The highest BCUT2D eigenvalue weighted by atomic mass is 16.5. The van der Waals surface area contributed by atoms with Gasteiger partial charge in [0.25, 0.3) is 5.91 Å². The van der Waals surface area contributed by atoms with Crippen LogP contribution >= 0.6 is 0 Å². The molecule has 0 aromatic carbocycles. The van der Waals surface area contributed by atoms with Gasteiger partial charge in [-0.3, -0.25) is 14.7 Å². The Balaban J connectivity index is 1.61. The molecule has 6 heteroatoms. The topological polar surface area (TPSA) is 77.7 Å². The summed E-state index contributed by atoms with van der Waals surface area (Å²) in [5.41, 5.74) is 6.48. The Morgan fingerprint density at radius 2 is 2.12 bits per heavy atom. The molecule has 2 saturated heterocycles. The highest BCUT2D eigenvalue weighted by molar-refractivity contribution is 5.90. The molecule has 1 aliphatic carbocycles. The Morgan fingerprint density at radius 3 is 2.73 bits per heavy atom. The average Bonchev–Trinajstić information content (AvgIpc) is 3.14. The van der Waals surface area contributed by atoms with Crippen molar-refractivity contribution >= 4 is 5.91 Å². The van der Waals surface area contributed by atoms with E-state index < -0.39 is 5.91 Å². The minimum Gasteiger partial charge on any atom is -0.377 e. The van der Waals surface area contributed by atoms with E-state index in [0.717, 1.165) is 44.6 Å². The second kappa shape index (κ2) is 7.25. The number of nitrogens with zero attached hydrogens (tertiary/aromatic N) is 2. The first-order valence-electron chi connectivity index (χ1n) is 9.79. The Morgan fingerprint density at radius 1 is 1.35 bits per heavy atom. The summed E-state index contributed by atoms with van der Waals surface area (Å²) in [5.74, 6) is 0.327. The molecule has 2 unspecified atom stereocenters. The molecular weight excluding hydrogens is 330 g/mol. The van der Waals surface area contributed by atoms with E-state index in [4.69, 9.17) is 15.2 Å². The molecule has 2 bridgehead atoms. The number of likely N-dealkylation sites (tertiary alicyclic amines) is 1. The molecule has 3 fully saturated rings. The molecule has 6 nitrogen and oxygen atoms in total. The zero-order valence-electron chi connectivity index (χ0n) is 15.5. The monoisotopic (exact) mass is 359 g/mol. The zero-order valence-corrected chi connectivity index (χ0v) is 15.5. The molecule has 3 aliphatic rings. The van der Waals surface area contributed by atoms with Crippen molar-refractivity contribution in [3.63, 3.8) is 0 Å². The molecule has 1 aromatic rings. The van der Waals surface area contributed by atoms with Gasteiger partial charge >= 0.3 is 0 Å².